The van der Waals surface area contributed by atoms with E-state index in [1.165, 1.54) is 35.7 Å². The number of hydrogen-bond acceptors (Lipinski definition) is 9. The van der Waals surface area contributed by atoms with Gasteiger partial charge in [-0.05, 0) is 55.0 Å². The summed E-state index contributed by atoms with van der Waals surface area (Å²) in [7, 11) is -2.34. The maximum Gasteiger partial charge on any atom is 0.328 e. The maximum absolute atomic E-state index is 13.7. The lowest BCUT2D eigenvalue weighted by Crippen LogP contribution is -2.41. The molecule has 1 saturated carbocycles. The first-order valence-electron chi connectivity index (χ1n) is 13.5. The summed E-state index contributed by atoms with van der Waals surface area (Å²) in [6, 6.07) is 7.93. The number of urea groups is 1. The van der Waals surface area contributed by atoms with E-state index in [0.717, 1.165) is 18.4 Å². The van der Waals surface area contributed by atoms with Gasteiger partial charge in [-0.2, -0.15) is 4.31 Å². The third-order valence-electron chi connectivity index (χ3n) is 8.13. The van der Waals surface area contributed by atoms with Gasteiger partial charge in [0.15, 0.2) is 5.13 Å². The van der Waals surface area contributed by atoms with Crippen molar-refractivity contribution in [1.82, 2.24) is 19.2 Å². The van der Waals surface area contributed by atoms with Crippen LogP contribution < -0.4 is 15.0 Å². The molecule has 3 amide bonds. The van der Waals surface area contributed by atoms with Crippen molar-refractivity contribution in [2.75, 3.05) is 56.7 Å². The topological polar surface area (TPSA) is 145 Å². The van der Waals surface area contributed by atoms with Crippen molar-refractivity contribution in [1.29, 1.82) is 0 Å². The fourth-order valence-corrected chi connectivity index (χ4v) is 8.12. The van der Waals surface area contributed by atoms with Crippen molar-refractivity contribution < 1.29 is 27.9 Å². The number of aromatic nitrogens is 2. The highest BCUT2D eigenvalue weighted by Gasteiger charge is 2.50. The van der Waals surface area contributed by atoms with Crippen molar-refractivity contribution in [3.05, 3.63) is 35.9 Å². The number of methoxy groups -OCH3 is 1. The van der Waals surface area contributed by atoms with Crippen LogP contribution in [0.1, 0.15) is 31.7 Å². The molecule has 12 nitrogen and oxygen atoms in total. The Morgan fingerprint density at radius 2 is 2.02 bits per heavy atom. The molecule has 41 heavy (non-hydrogen) atoms. The van der Waals surface area contributed by atoms with Gasteiger partial charge in [0.1, 0.15) is 10.3 Å². The van der Waals surface area contributed by atoms with Crippen molar-refractivity contribution in [2.24, 2.45) is 5.92 Å². The largest absolute Gasteiger partial charge is 0.481 e. The lowest BCUT2D eigenvalue weighted by atomic mass is 9.81. The van der Waals surface area contributed by atoms with Crippen LogP contribution in [0.3, 0.4) is 0 Å². The summed E-state index contributed by atoms with van der Waals surface area (Å²) in [5.74, 6) is 0.700. The van der Waals surface area contributed by atoms with E-state index in [1.807, 2.05) is 0 Å². The molecule has 4 heterocycles. The number of nitrogens with zero attached hydrogens (tertiary/aromatic N) is 5. The Labute approximate surface area is 242 Å². The predicted octanol–water partition coefficient (Wildman–Crippen LogP) is 2.64. The van der Waals surface area contributed by atoms with E-state index in [9.17, 15) is 23.1 Å². The number of sulfonamides is 1. The lowest BCUT2D eigenvalue weighted by Gasteiger charge is -2.26. The van der Waals surface area contributed by atoms with Crippen LogP contribution >= 0.6 is 11.3 Å². The van der Waals surface area contributed by atoms with Crippen LogP contribution in [0.25, 0.3) is 10.3 Å². The summed E-state index contributed by atoms with van der Waals surface area (Å²) in [6.45, 7) is 2.84. The van der Waals surface area contributed by atoms with E-state index >= 15 is 0 Å². The van der Waals surface area contributed by atoms with Crippen LogP contribution in [0, 0.1) is 5.92 Å². The summed E-state index contributed by atoms with van der Waals surface area (Å²) < 4.78 is 33.9. The molecule has 0 radical (unpaired) electrons. The van der Waals surface area contributed by atoms with Gasteiger partial charge in [-0.1, -0.05) is 11.3 Å². The van der Waals surface area contributed by atoms with Crippen molar-refractivity contribution in [3.63, 3.8) is 0 Å². The molecule has 218 valence electrons. The highest BCUT2D eigenvalue weighted by molar-refractivity contribution is 7.89. The summed E-state index contributed by atoms with van der Waals surface area (Å²) in [5.41, 5.74) is 1.35. The fourth-order valence-electron chi connectivity index (χ4n) is 5.76. The summed E-state index contributed by atoms with van der Waals surface area (Å²) in [4.78, 5) is 38.8. The first kappa shape index (κ1) is 27.8. The molecule has 14 heteroatoms. The minimum Gasteiger partial charge on any atom is -0.481 e. The zero-order valence-corrected chi connectivity index (χ0v) is 24.5. The number of aliphatic hydroxyl groups is 1. The second kappa shape index (κ2) is 10.5. The summed E-state index contributed by atoms with van der Waals surface area (Å²) in [5, 5.41) is 12.8. The monoisotopic (exact) mass is 600 g/mol. The Bertz CT molecular complexity index is 1620. The number of likely N-dealkylation sites (tertiary alicyclic amines) is 1. The standard InChI is InChI=1S/C27H32N6O6S2/c1-17(35)31-10-9-27(15-31)16-33(26(36)30-25-28-21-6-8-23(39-2)29-24(21)40-25)22-7-5-19(13-20(22)27)41(37,38)32(11-12-34)14-18-3-4-18/h5-8,13,18,34H,3-4,9-12,14-16H2,1-2H3,(H,28,30,36). The van der Waals surface area contributed by atoms with Gasteiger partial charge >= 0.3 is 6.03 Å². The van der Waals surface area contributed by atoms with E-state index < -0.39 is 21.5 Å². The number of anilines is 2. The number of carbonyl (C=O) groups excluding carboxylic acids is 2. The van der Waals surface area contributed by atoms with Crippen LogP contribution in [-0.2, 0) is 20.2 Å². The number of hydrogen-bond donors (Lipinski definition) is 2. The van der Waals surface area contributed by atoms with Gasteiger partial charge in [0.25, 0.3) is 0 Å². The first-order chi connectivity index (χ1) is 19.6. The average molecular weight is 601 g/mol. The molecule has 1 atom stereocenters. The zero-order chi connectivity index (χ0) is 28.9. The van der Waals surface area contributed by atoms with Crippen molar-refractivity contribution in [3.8, 4) is 5.88 Å². The highest BCUT2D eigenvalue weighted by atomic mass is 32.2. The summed E-state index contributed by atoms with van der Waals surface area (Å²) >= 11 is 1.23. The number of pyridine rings is 1. The smallest absolute Gasteiger partial charge is 0.328 e. The van der Waals surface area contributed by atoms with Gasteiger partial charge in [-0.25, -0.2) is 23.2 Å². The molecule has 2 aliphatic heterocycles. The molecular formula is C27H32N6O6S2. The van der Waals surface area contributed by atoms with Crippen LogP contribution in [0.2, 0.25) is 0 Å². The van der Waals surface area contributed by atoms with Crippen LogP contribution in [-0.4, -0.2) is 91.1 Å². The number of fused-ring (bicyclic) bond motifs is 3. The Kier molecular flexibility index (Phi) is 7.12. The van der Waals surface area contributed by atoms with E-state index in [4.69, 9.17) is 4.74 Å². The molecule has 6 rings (SSSR count). The fraction of sp³-hybridized carbons (Fsp3) is 0.481. The molecule has 1 aliphatic carbocycles. The van der Waals surface area contributed by atoms with Gasteiger partial charge in [0, 0.05) is 56.8 Å². The van der Waals surface area contributed by atoms with Gasteiger partial charge in [0.05, 0.1) is 18.6 Å². The van der Waals surface area contributed by atoms with Gasteiger partial charge in [-0.15, -0.1) is 0 Å². The first-order valence-corrected chi connectivity index (χ1v) is 15.8. The van der Waals surface area contributed by atoms with Crippen molar-refractivity contribution >= 4 is 54.5 Å². The SMILES string of the molecule is COc1ccc2nc(NC(=O)N3CC4(CCN(C(C)=O)C4)c4cc(S(=O)(=O)N(CCO)CC5CC5)ccc43)sc2n1. The zero-order valence-electron chi connectivity index (χ0n) is 22.9. The second-order valence-electron chi connectivity index (χ2n) is 10.9. The molecular weight excluding hydrogens is 568 g/mol. The molecule has 1 unspecified atom stereocenters. The van der Waals surface area contributed by atoms with Crippen LogP contribution in [0.15, 0.2) is 35.2 Å². The Balaban J connectivity index is 1.34. The highest BCUT2D eigenvalue weighted by Crippen LogP contribution is 2.48. The number of benzene rings is 1. The van der Waals surface area contributed by atoms with E-state index in [2.05, 4.69) is 15.3 Å². The second-order valence-corrected chi connectivity index (χ2v) is 13.8. The lowest BCUT2D eigenvalue weighted by molar-refractivity contribution is -0.127. The van der Waals surface area contributed by atoms with Crippen molar-refractivity contribution in [2.45, 2.75) is 36.5 Å². The van der Waals surface area contributed by atoms with E-state index in [-0.39, 0.29) is 24.0 Å². The number of thiazole rings is 1. The minimum atomic E-state index is -3.87. The van der Waals surface area contributed by atoms with E-state index in [0.29, 0.717) is 65.6 Å². The predicted molar refractivity (Wildman–Crippen MR) is 154 cm³/mol. The van der Waals surface area contributed by atoms with Gasteiger partial charge < -0.3 is 14.7 Å². The number of ether oxygens (including phenoxy) is 1. The molecule has 2 fully saturated rings. The van der Waals surface area contributed by atoms with E-state index in [1.54, 1.807) is 34.1 Å². The molecule has 2 aromatic heterocycles. The summed E-state index contributed by atoms with van der Waals surface area (Å²) in [6.07, 6.45) is 2.56. The Morgan fingerprint density at radius 1 is 1.22 bits per heavy atom. The number of rotatable bonds is 8. The number of aliphatic hydroxyl groups excluding tert-OH is 1. The quantitative estimate of drug-likeness (QED) is 0.402. The molecule has 1 saturated heterocycles. The number of amides is 3. The molecule has 3 aromatic rings. The van der Waals surface area contributed by atoms with Crippen LogP contribution in [0.5, 0.6) is 5.88 Å². The molecule has 1 spiro atoms. The van der Waals surface area contributed by atoms with Gasteiger partial charge in [-0.3, -0.25) is 15.0 Å². The number of carbonyl (C=O) groups is 2. The normalized spacial score (nSPS) is 20.3. The van der Waals surface area contributed by atoms with Gasteiger partial charge in [0.2, 0.25) is 21.8 Å². The molecule has 3 aliphatic rings. The third-order valence-corrected chi connectivity index (χ3v) is 10.9. The van der Waals surface area contributed by atoms with Crippen LogP contribution in [0.4, 0.5) is 15.6 Å². The molecule has 0 bridgehead atoms. The molecule has 1 aromatic carbocycles. The third kappa shape index (κ3) is 5.13. The Hall–Kier alpha value is -3.33. The minimum absolute atomic E-state index is 0.0244. The number of nitrogens with one attached hydrogen (secondary N) is 1. The Morgan fingerprint density at radius 3 is 2.71 bits per heavy atom. The molecule has 2 N–H and O–H groups in total. The average Bonchev–Trinajstić information content (AvgIpc) is 3.38. The maximum atomic E-state index is 13.7.